The van der Waals surface area contributed by atoms with Crippen molar-refractivity contribution in [3.63, 3.8) is 0 Å². The first-order chi connectivity index (χ1) is 13.4. The molecule has 0 unspecified atom stereocenters. The number of carbonyl (C=O) groups is 1. The van der Waals surface area contributed by atoms with Crippen molar-refractivity contribution in [2.45, 2.75) is 19.2 Å². The number of nitrogens with zero attached hydrogens (tertiary/aromatic N) is 2. The Balaban J connectivity index is 1.50. The van der Waals surface area contributed by atoms with Gasteiger partial charge in [-0.1, -0.05) is 12.1 Å². The van der Waals surface area contributed by atoms with Crippen molar-refractivity contribution in [3.8, 4) is 5.75 Å². The minimum absolute atomic E-state index is 0.0226. The van der Waals surface area contributed by atoms with Crippen LogP contribution in [0.25, 0.3) is 0 Å². The molecule has 6 nitrogen and oxygen atoms in total. The monoisotopic (exact) mass is 391 g/mol. The smallest absolute Gasteiger partial charge is 0.416 e. The first-order valence-electron chi connectivity index (χ1n) is 8.34. The number of alkyl halides is 3. The van der Waals surface area contributed by atoms with Crippen LogP contribution in [0.3, 0.4) is 0 Å². The molecule has 1 N–H and O–H groups in total. The van der Waals surface area contributed by atoms with Crippen molar-refractivity contribution < 1.29 is 27.1 Å². The van der Waals surface area contributed by atoms with Gasteiger partial charge >= 0.3 is 6.18 Å². The number of nitrogens with one attached hydrogen (secondary N) is 1. The van der Waals surface area contributed by atoms with Gasteiger partial charge in [0.15, 0.2) is 12.3 Å². The van der Waals surface area contributed by atoms with Crippen LogP contribution in [0.4, 0.5) is 13.2 Å². The maximum atomic E-state index is 12.7. The average Bonchev–Trinajstić information content (AvgIpc) is 3.16. The fourth-order valence-electron chi connectivity index (χ4n) is 2.33. The summed E-state index contributed by atoms with van der Waals surface area (Å²) in [5.74, 6) is -0.327. The molecule has 0 aliphatic carbocycles. The molecule has 3 aromatic rings. The summed E-state index contributed by atoms with van der Waals surface area (Å²) < 4.78 is 48.5. The van der Waals surface area contributed by atoms with E-state index >= 15 is 0 Å². The lowest BCUT2D eigenvalue weighted by Gasteiger charge is -2.09. The molecule has 2 aromatic heterocycles. The van der Waals surface area contributed by atoms with Gasteiger partial charge in [0.25, 0.3) is 5.91 Å². The zero-order valence-corrected chi connectivity index (χ0v) is 14.6. The molecule has 0 spiro atoms. The predicted molar refractivity (Wildman–Crippen MR) is 92.6 cm³/mol. The maximum absolute atomic E-state index is 12.7. The Labute approximate surface area is 158 Å². The van der Waals surface area contributed by atoms with Crippen molar-refractivity contribution >= 4 is 5.91 Å². The molecule has 0 aliphatic heterocycles. The van der Waals surface area contributed by atoms with E-state index in [0.717, 1.165) is 17.8 Å². The fourth-order valence-corrected chi connectivity index (χ4v) is 2.33. The van der Waals surface area contributed by atoms with Gasteiger partial charge < -0.3 is 14.5 Å². The minimum Gasteiger partial charge on any atom is -0.484 e. The van der Waals surface area contributed by atoms with Crippen molar-refractivity contribution in [2.75, 3.05) is 6.54 Å². The number of hydrogen-bond acceptors (Lipinski definition) is 5. The van der Waals surface area contributed by atoms with E-state index in [1.807, 2.05) is 12.1 Å². The van der Waals surface area contributed by atoms with E-state index in [1.54, 1.807) is 12.3 Å². The zero-order valence-electron chi connectivity index (χ0n) is 14.6. The highest BCUT2D eigenvalue weighted by atomic mass is 19.4. The molecule has 0 saturated carbocycles. The number of amides is 1. The number of oxazole rings is 1. The van der Waals surface area contributed by atoms with Gasteiger partial charge in [0, 0.05) is 24.9 Å². The third-order valence-electron chi connectivity index (χ3n) is 3.70. The maximum Gasteiger partial charge on any atom is 0.416 e. The SMILES string of the molecule is O=C(NCCc1ccccn1)c1coc(COc2cccc(C(F)(F)F)c2)n1. The van der Waals surface area contributed by atoms with E-state index in [2.05, 4.69) is 15.3 Å². The van der Waals surface area contributed by atoms with E-state index in [4.69, 9.17) is 9.15 Å². The van der Waals surface area contributed by atoms with Gasteiger partial charge in [0.2, 0.25) is 5.89 Å². The third kappa shape index (κ3) is 5.32. The summed E-state index contributed by atoms with van der Waals surface area (Å²) in [4.78, 5) is 20.2. The van der Waals surface area contributed by atoms with Crippen LogP contribution in [0, 0.1) is 0 Å². The largest absolute Gasteiger partial charge is 0.484 e. The van der Waals surface area contributed by atoms with Crippen LogP contribution >= 0.6 is 0 Å². The standard InChI is InChI=1S/C19H16F3N3O3/c20-19(21,22)13-4-3-6-15(10-13)27-12-17-25-16(11-28-17)18(26)24-9-7-14-5-1-2-8-23-14/h1-6,8,10-11H,7,9,12H2,(H,24,26). The summed E-state index contributed by atoms with van der Waals surface area (Å²) in [6, 6.07) is 9.99. The van der Waals surface area contributed by atoms with Crippen LogP contribution in [0.1, 0.15) is 27.6 Å². The molecule has 0 fully saturated rings. The molecule has 2 heterocycles. The van der Waals surface area contributed by atoms with E-state index in [0.29, 0.717) is 13.0 Å². The number of ether oxygens (including phenoxy) is 1. The van der Waals surface area contributed by atoms with Crippen LogP contribution in [0.15, 0.2) is 59.3 Å². The molecule has 0 atom stereocenters. The van der Waals surface area contributed by atoms with Crippen molar-refractivity contribution in [2.24, 2.45) is 0 Å². The Morgan fingerprint density at radius 3 is 2.79 bits per heavy atom. The molecule has 3 rings (SSSR count). The minimum atomic E-state index is -4.46. The van der Waals surface area contributed by atoms with Crippen LogP contribution in [-0.2, 0) is 19.2 Å². The van der Waals surface area contributed by atoms with Crippen molar-refractivity contribution in [3.05, 3.63) is 77.8 Å². The van der Waals surface area contributed by atoms with E-state index in [-0.39, 0.29) is 23.9 Å². The summed E-state index contributed by atoms with van der Waals surface area (Å²) in [7, 11) is 0. The molecule has 28 heavy (non-hydrogen) atoms. The molecule has 1 amide bonds. The first kappa shape index (κ1) is 19.4. The predicted octanol–water partition coefficient (Wildman–Crippen LogP) is 3.64. The number of aromatic nitrogens is 2. The molecule has 0 bridgehead atoms. The normalized spacial score (nSPS) is 11.2. The van der Waals surface area contributed by atoms with Gasteiger partial charge in [-0.2, -0.15) is 13.2 Å². The summed E-state index contributed by atoms with van der Waals surface area (Å²) in [6.07, 6.45) is -1.05. The summed E-state index contributed by atoms with van der Waals surface area (Å²) in [5, 5.41) is 2.69. The zero-order chi connectivity index (χ0) is 20.0. The van der Waals surface area contributed by atoms with Crippen LogP contribution in [-0.4, -0.2) is 22.4 Å². The van der Waals surface area contributed by atoms with Gasteiger partial charge in [0.05, 0.1) is 5.56 Å². The highest BCUT2D eigenvalue weighted by molar-refractivity contribution is 5.91. The lowest BCUT2D eigenvalue weighted by molar-refractivity contribution is -0.137. The molecule has 0 saturated heterocycles. The molecule has 1 aromatic carbocycles. The number of benzene rings is 1. The lowest BCUT2D eigenvalue weighted by Crippen LogP contribution is -2.26. The Morgan fingerprint density at radius 2 is 2.04 bits per heavy atom. The number of pyridine rings is 1. The highest BCUT2D eigenvalue weighted by Crippen LogP contribution is 2.31. The van der Waals surface area contributed by atoms with E-state index in [1.165, 1.54) is 18.4 Å². The lowest BCUT2D eigenvalue weighted by atomic mass is 10.2. The van der Waals surface area contributed by atoms with Crippen LogP contribution < -0.4 is 10.1 Å². The Bertz CT molecular complexity index is 927. The van der Waals surface area contributed by atoms with Gasteiger partial charge in [-0.15, -0.1) is 0 Å². The van der Waals surface area contributed by atoms with Crippen LogP contribution in [0.5, 0.6) is 5.75 Å². The van der Waals surface area contributed by atoms with Crippen LogP contribution in [0.2, 0.25) is 0 Å². The Hall–Kier alpha value is -3.36. The number of rotatable bonds is 7. The third-order valence-corrected chi connectivity index (χ3v) is 3.70. The van der Waals surface area contributed by atoms with E-state index in [9.17, 15) is 18.0 Å². The average molecular weight is 391 g/mol. The fraction of sp³-hybridized carbons (Fsp3) is 0.211. The molecule has 146 valence electrons. The second-order valence-corrected chi connectivity index (χ2v) is 5.77. The van der Waals surface area contributed by atoms with Crippen molar-refractivity contribution in [1.29, 1.82) is 0 Å². The second-order valence-electron chi connectivity index (χ2n) is 5.77. The molecule has 0 radical (unpaired) electrons. The first-order valence-corrected chi connectivity index (χ1v) is 8.34. The quantitative estimate of drug-likeness (QED) is 0.665. The molecular formula is C19H16F3N3O3. The van der Waals surface area contributed by atoms with Gasteiger partial charge in [0.1, 0.15) is 12.0 Å². The second kappa shape index (κ2) is 8.55. The summed E-state index contributed by atoms with van der Waals surface area (Å²) in [6.45, 7) is 0.168. The number of halogens is 3. The molecule has 0 aliphatic rings. The summed E-state index contributed by atoms with van der Waals surface area (Å²) >= 11 is 0. The number of hydrogen-bond donors (Lipinski definition) is 1. The summed E-state index contributed by atoms with van der Waals surface area (Å²) in [5.41, 5.74) is 0.0900. The highest BCUT2D eigenvalue weighted by Gasteiger charge is 2.30. The van der Waals surface area contributed by atoms with Gasteiger partial charge in [-0.05, 0) is 30.3 Å². The topological polar surface area (TPSA) is 77.2 Å². The van der Waals surface area contributed by atoms with E-state index < -0.39 is 17.6 Å². The Kier molecular flexibility index (Phi) is 5.93. The van der Waals surface area contributed by atoms with Gasteiger partial charge in [-0.3, -0.25) is 9.78 Å². The molecule has 9 heteroatoms. The number of carbonyl (C=O) groups excluding carboxylic acids is 1. The van der Waals surface area contributed by atoms with Crippen molar-refractivity contribution in [1.82, 2.24) is 15.3 Å². The Morgan fingerprint density at radius 1 is 1.18 bits per heavy atom. The van der Waals surface area contributed by atoms with Gasteiger partial charge in [-0.25, -0.2) is 4.98 Å². The molecular weight excluding hydrogens is 375 g/mol.